The van der Waals surface area contributed by atoms with Gasteiger partial charge in [0.2, 0.25) is 35.4 Å². The molecule has 0 bridgehead atoms. The molecule has 0 saturated carbocycles. The first kappa shape index (κ1) is 87.2. The second-order valence-corrected chi connectivity index (χ2v) is 27.1. The van der Waals surface area contributed by atoms with Gasteiger partial charge in [-0.25, -0.2) is 29.9 Å². The summed E-state index contributed by atoms with van der Waals surface area (Å²) in [5.74, 6) is -4.99. The summed E-state index contributed by atoms with van der Waals surface area (Å²) in [6, 6.07) is 45.5. The van der Waals surface area contributed by atoms with Crippen molar-refractivity contribution in [2.24, 2.45) is 0 Å². The van der Waals surface area contributed by atoms with Crippen molar-refractivity contribution in [3.8, 4) is 17.2 Å². The lowest BCUT2D eigenvalue weighted by Gasteiger charge is -2.16. The molecular weight excluding hydrogens is 1540 g/mol. The van der Waals surface area contributed by atoms with Crippen molar-refractivity contribution >= 4 is 141 Å². The molecule has 4 aromatic carbocycles. The first-order valence-corrected chi connectivity index (χ1v) is 38.9. The van der Waals surface area contributed by atoms with Gasteiger partial charge in [0.15, 0.2) is 0 Å². The smallest absolute Gasteiger partial charge is 0.257 e. The monoisotopic (exact) mass is 1630 g/mol. The molecule has 33 heteroatoms. The number of ether oxygens (including phenoxy) is 3. The molecule has 0 unspecified atom stereocenters. The van der Waals surface area contributed by atoms with Crippen molar-refractivity contribution in [3.63, 3.8) is 0 Å². The summed E-state index contributed by atoms with van der Waals surface area (Å²) in [5, 5.41) is 32.6. The Kier molecular flexibility index (Phi) is 31.6. The van der Waals surface area contributed by atoms with Gasteiger partial charge in [0, 0.05) is 38.5 Å². The minimum Gasteiger partial charge on any atom is -0.489 e. The van der Waals surface area contributed by atoms with E-state index in [4.69, 9.17) is 14.2 Å². The number of carbonyl (C=O) groups is 12. The Labute approximate surface area is 690 Å². The van der Waals surface area contributed by atoms with Gasteiger partial charge < -0.3 is 78.0 Å². The molecule has 0 atom stereocenters. The molecule has 0 saturated heterocycles. The van der Waals surface area contributed by atoms with Gasteiger partial charge in [0.05, 0.1) is 33.4 Å². The van der Waals surface area contributed by atoms with E-state index in [0.717, 1.165) is 0 Å². The molecule has 0 aliphatic rings. The fourth-order valence-corrected chi connectivity index (χ4v) is 11.7. The van der Waals surface area contributed by atoms with Crippen LogP contribution in [0.2, 0.25) is 0 Å². The van der Waals surface area contributed by atoms with Crippen LogP contribution in [0.3, 0.4) is 0 Å². The quantitative estimate of drug-likeness (QED) is 0.0170. The molecule has 12 amide bonds. The van der Waals surface area contributed by atoms with E-state index >= 15 is 0 Å². The zero-order valence-electron chi connectivity index (χ0n) is 66.7. The van der Waals surface area contributed by atoms with Crippen molar-refractivity contribution < 1.29 is 71.7 Å². The summed E-state index contributed by atoms with van der Waals surface area (Å²) in [4.78, 5) is 189. The highest BCUT2D eigenvalue weighted by atomic mass is 16.5. The van der Waals surface area contributed by atoms with Crippen LogP contribution in [0.15, 0.2) is 182 Å². The minimum atomic E-state index is -0.810. The lowest BCUT2D eigenvalue weighted by atomic mass is 10.0. The van der Waals surface area contributed by atoms with Gasteiger partial charge in [-0.3, -0.25) is 57.5 Å². The molecule has 6 aromatic heterocycles. The van der Waals surface area contributed by atoms with Gasteiger partial charge >= 0.3 is 0 Å². The summed E-state index contributed by atoms with van der Waals surface area (Å²) in [5.41, 5.74) is 0.418. The third-order valence-corrected chi connectivity index (χ3v) is 17.2. The van der Waals surface area contributed by atoms with Crippen molar-refractivity contribution in [2.45, 2.75) is 138 Å². The molecule has 0 spiro atoms. The molecule has 12 N–H and O–H groups in total. The Hall–Kier alpha value is -15.2. The highest BCUT2D eigenvalue weighted by Crippen LogP contribution is 2.29. The van der Waals surface area contributed by atoms with Crippen LogP contribution in [0.5, 0.6) is 17.2 Å². The van der Waals surface area contributed by atoms with Crippen LogP contribution < -0.4 is 78.0 Å². The highest BCUT2D eigenvalue weighted by molar-refractivity contribution is 6.18. The number of nitrogens with one attached hydrogen (secondary N) is 12. The number of nitrogens with zero attached hydrogens (tertiary/aromatic N) is 6. The molecular formula is C87H90N18O15. The average Bonchev–Trinajstić information content (AvgIpc) is 0.816. The molecule has 120 heavy (non-hydrogen) atoms. The summed E-state index contributed by atoms with van der Waals surface area (Å²) in [6.07, 6.45) is 4.83. The summed E-state index contributed by atoms with van der Waals surface area (Å²) in [7, 11) is 0. The zero-order valence-corrected chi connectivity index (χ0v) is 66.7. The molecule has 618 valence electrons. The second kappa shape index (κ2) is 43.5. The highest BCUT2D eigenvalue weighted by Gasteiger charge is 2.26. The fraction of sp³-hybridized carbons (Fsp3) is 0.241. The van der Waals surface area contributed by atoms with Crippen molar-refractivity contribution in [1.29, 1.82) is 0 Å². The number of carbonyl (C=O) groups excluding carboxylic acids is 12. The summed E-state index contributed by atoms with van der Waals surface area (Å²) < 4.78 is 19.5. The third kappa shape index (κ3) is 26.4. The number of amides is 12. The Morgan fingerprint density at radius 2 is 0.383 bits per heavy atom. The number of pyridine rings is 6. The van der Waals surface area contributed by atoms with E-state index in [1.54, 1.807) is 91.0 Å². The second-order valence-electron chi connectivity index (χ2n) is 27.1. The molecule has 0 aliphatic carbocycles. The molecule has 0 aliphatic heterocycles. The largest absolute Gasteiger partial charge is 0.489 e. The van der Waals surface area contributed by atoms with Gasteiger partial charge in [0.25, 0.3) is 35.4 Å². The molecule has 0 fully saturated rings. The summed E-state index contributed by atoms with van der Waals surface area (Å²) >= 11 is 0. The normalized spacial score (nSPS) is 10.7. The zero-order chi connectivity index (χ0) is 85.5. The van der Waals surface area contributed by atoms with E-state index in [1.165, 1.54) is 91.0 Å². The van der Waals surface area contributed by atoms with Gasteiger partial charge in [0.1, 0.15) is 107 Å². The molecule has 10 rings (SSSR count). The molecule has 6 heterocycles. The fourth-order valence-electron chi connectivity index (χ4n) is 11.7. The average molecular weight is 1630 g/mol. The Morgan fingerprint density at radius 3 is 0.558 bits per heavy atom. The van der Waals surface area contributed by atoms with Crippen LogP contribution in [0.25, 0.3) is 0 Å². The maximum Gasteiger partial charge on any atom is 0.257 e. The number of hydrogen-bond acceptors (Lipinski definition) is 21. The Morgan fingerprint density at radius 1 is 0.217 bits per heavy atom. The first-order valence-electron chi connectivity index (χ1n) is 38.9. The van der Waals surface area contributed by atoms with E-state index in [0.29, 0.717) is 55.2 Å². The predicted octanol–water partition coefficient (Wildman–Crippen LogP) is 14.7. The molecule has 33 nitrogen and oxygen atoms in total. The number of aromatic nitrogens is 6. The van der Waals surface area contributed by atoms with E-state index < -0.39 is 35.4 Å². The van der Waals surface area contributed by atoms with E-state index in [2.05, 4.69) is 93.7 Å². The van der Waals surface area contributed by atoms with E-state index in [-0.39, 0.29) is 214 Å². The first-order chi connectivity index (χ1) is 58.0. The number of hydrogen-bond donors (Lipinski definition) is 12. The molecule has 10 aromatic rings. The van der Waals surface area contributed by atoms with Crippen LogP contribution in [0.1, 0.15) is 197 Å². The van der Waals surface area contributed by atoms with Crippen molar-refractivity contribution in [3.05, 3.63) is 232 Å². The van der Waals surface area contributed by atoms with Crippen LogP contribution in [0.4, 0.5) is 69.8 Å². The minimum absolute atomic E-state index is 0.0258. The molecule has 0 radical (unpaired) electrons. The van der Waals surface area contributed by atoms with Gasteiger partial charge in [-0.15, -0.1) is 0 Å². The lowest BCUT2D eigenvalue weighted by molar-refractivity contribution is -0.117. The third-order valence-electron chi connectivity index (χ3n) is 17.2. The van der Waals surface area contributed by atoms with Crippen LogP contribution >= 0.6 is 0 Å². The topological polar surface area (TPSA) is 454 Å². The standard InChI is InChI=1S/C87H90N18O15/c1-7-19-76(106)94-64-25-13-31-70(88-64)100-82(112)58-40-37-55(46-61(58)85(115)103-73-34-16-28-67(91-73)97-79(109)22-10-4)118-49-52-43-53(50-119-56-38-41-59(83(113)101-71-32-14-26-65(89-71)95-77(107)20-8-2)62(47-56)86(116)104-74-35-17-29-68(92-74)98-80(110)23-11-5)45-54(44-52)51-120-57-39-42-60(84(114)102-72-33-15-27-66(90-72)96-78(108)21-9-3)63(48-57)87(117)105-75-36-18-30-69(93-75)99-81(111)24-12-6/h13-18,25-48H,7-12,19-24,49-51H2,1-6H3,(H2,88,94,100,106,112)(H2,89,95,101,107,113)(H2,90,96,102,108,114)(H2,91,97,103,109,115)(H2,92,98,104,110,116)(H2,93,99,105,111,117). The van der Waals surface area contributed by atoms with Gasteiger partial charge in [-0.05, 0) is 201 Å². The Balaban J connectivity index is 1.00. The maximum absolute atomic E-state index is 14.6. The van der Waals surface area contributed by atoms with Crippen molar-refractivity contribution in [1.82, 2.24) is 29.9 Å². The van der Waals surface area contributed by atoms with Crippen LogP contribution in [0, 0.1) is 0 Å². The number of anilines is 12. The van der Waals surface area contributed by atoms with Crippen LogP contribution in [-0.4, -0.2) is 101 Å². The number of rotatable bonds is 39. The Bertz CT molecular complexity index is 4930. The van der Waals surface area contributed by atoms with Gasteiger partial charge in [-0.2, -0.15) is 0 Å². The summed E-state index contributed by atoms with van der Waals surface area (Å²) in [6.45, 7) is 10.4. The van der Waals surface area contributed by atoms with E-state index in [1.807, 2.05) is 41.5 Å². The van der Waals surface area contributed by atoms with Crippen LogP contribution in [-0.2, 0) is 48.6 Å². The predicted molar refractivity (Wildman–Crippen MR) is 453 cm³/mol. The van der Waals surface area contributed by atoms with Crippen molar-refractivity contribution in [2.75, 3.05) is 63.8 Å². The SMILES string of the molecule is CCCC(=O)Nc1cccc(NC(=O)c2ccc(OCc3cc(COc4ccc(C(=O)Nc5cccc(NC(=O)CCC)n5)c(C(=O)Nc5cccc(NC(=O)CCC)n5)c4)cc(COc4ccc(C(=O)Nc5cccc(NC(=O)CCC)n5)c(C(=O)Nc5cccc(NC(=O)CCC)n5)c4)c3)cc2C(=O)Nc2cccc(NC(=O)CCC)n2)n1. The number of benzene rings is 4. The maximum atomic E-state index is 14.6. The lowest BCUT2D eigenvalue weighted by Crippen LogP contribution is -2.22. The van der Waals surface area contributed by atoms with E-state index in [9.17, 15) is 57.5 Å². The van der Waals surface area contributed by atoms with Gasteiger partial charge in [-0.1, -0.05) is 77.9 Å².